The standard InChI is InChI=1S/C55H67ClN8O6S/c1-33(2)47(51(68)64-31-42(65)28-45(64)50(67)59-34(3)36-12-14-37(15-13-36)48-35(4)58-32-71-48)46-27-40(61-70-46)11-9-10-22-62-23-25-63(26-24-62)41-19-16-38(17-20-41)49(66)60-52-54(5,6)53(55(52,7)8)69-43-21-18-39(30-57)44(56)29-43/h12-21,27,29,32-34,42,45,47,52-53,65H,9-11,22-26,28,31H2,1-8H3,(H,59,67)(H,60,66)/t34-,42+,45-,47+,52?,53?/m0/s1. The summed E-state index contributed by atoms with van der Waals surface area (Å²) in [5, 5.41) is 31.1. The number of benzene rings is 3. The fraction of sp³-hybridized carbons (Fsp3) is 0.491. The minimum atomic E-state index is -0.806. The Labute approximate surface area is 426 Å². The molecule has 8 rings (SSSR count). The largest absolute Gasteiger partial charge is 0.489 e. The molecular weight excluding hydrogens is 936 g/mol. The van der Waals surface area contributed by atoms with Gasteiger partial charge in [0.15, 0.2) is 0 Å². The topological polar surface area (TPSA) is 177 Å². The number of anilines is 1. The second-order valence-corrected chi connectivity index (χ2v) is 22.4. The zero-order valence-electron chi connectivity index (χ0n) is 42.1. The first kappa shape index (κ1) is 51.6. The number of nitrogens with zero attached hydrogens (tertiary/aromatic N) is 6. The second kappa shape index (κ2) is 21.5. The number of carbonyl (C=O) groups is 3. The van der Waals surface area contributed by atoms with Crippen LogP contribution in [-0.4, -0.2) is 106 Å². The van der Waals surface area contributed by atoms with E-state index in [2.05, 4.69) is 64.3 Å². The van der Waals surface area contributed by atoms with Gasteiger partial charge in [-0.3, -0.25) is 19.3 Å². The molecule has 1 saturated carbocycles. The van der Waals surface area contributed by atoms with Gasteiger partial charge < -0.3 is 34.8 Å². The zero-order chi connectivity index (χ0) is 50.8. The Morgan fingerprint density at radius 3 is 2.31 bits per heavy atom. The first-order chi connectivity index (χ1) is 33.8. The van der Waals surface area contributed by atoms with Crippen molar-refractivity contribution in [3.8, 4) is 22.3 Å². The van der Waals surface area contributed by atoms with Crippen LogP contribution in [0.1, 0.15) is 118 Å². The maximum atomic E-state index is 14.2. The number of likely N-dealkylation sites (tertiary alicyclic amines) is 1. The Bertz CT molecular complexity index is 2710. The van der Waals surface area contributed by atoms with Crippen LogP contribution < -0.4 is 20.3 Å². The van der Waals surface area contributed by atoms with Crippen LogP contribution in [0.15, 0.2) is 82.8 Å². The number of piperazine rings is 1. The summed E-state index contributed by atoms with van der Waals surface area (Å²) in [5.41, 5.74) is 7.01. The van der Waals surface area contributed by atoms with Crippen molar-refractivity contribution in [3.63, 3.8) is 0 Å². The van der Waals surface area contributed by atoms with Crippen molar-refractivity contribution in [3.05, 3.63) is 117 Å². The van der Waals surface area contributed by atoms with Gasteiger partial charge in [0.05, 0.1) is 44.5 Å². The van der Waals surface area contributed by atoms with Crippen LogP contribution in [0.5, 0.6) is 5.75 Å². The maximum Gasteiger partial charge on any atom is 0.251 e. The highest BCUT2D eigenvalue weighted by Gasteiger charge is 2.64. The zero-order valence-corrected chi connectivity index (χ0v) is 43.6. The normalized spacial score (nSPS) is 21.5. The average molecular weight is 1000 g/mol. The summed E-state index contributed by atoms with van der Waals surface area (Å²) in [6.07, 6.45) is 1.80. The quantitative estimate of drug-likeness (QED) is 0.0758. The van der Waals surface area contributed by atoms with Crippen LogP contribution in [0.3, 0.4) is 0 Å². The molecule has 4 atom stereocenters. The molecule has 0 bridgehead atoms. The van der Waals surface area contributed by atoms with E-state index in [1.54, 1.807) is 29.5 Å². The van der Waals surface area contributed by atoms with Crippen molar-refractivity contribution in [2.75, 3.05) is 44.2 Å². The summed E-state index contributed by atoms with van der Waals surface area (Å²) in [4.78, 5) is 53.4. The van der Waals surface area contributed by atoms with Crippen LogP contribution in [-0.2, 0) is 16.0 Å². The Morgan fingerprint density at radius 1 is 0.972 bits per heavy atom. The van der Waals surface area contributed by atoms with E-state index in [1.807, 2.05) is 87.8 Å². The lowest BCUT2D eigenvalue weighted by Gasteiger charge is -2.63. The van der Waals surface area contributed by atoms with Crippen molar-refractivity contribution in [2.45, 2.75) is 117 Å². The lowest BCUT2D eigenvalue weighted by atomic mass is 9.49. The van der Waals surface area contributed by atoms with E-state index in [-0.39, 0.29) is 65.6 Å². The van der Waals surface area contributed by atoms with Gasteiger partial charge in [0, 0.05) is 79.4 Å². The number of nitriles is 1. The first-order valence-corrected chi connectivity index (χ1v) is 26.1. The number of amides is 3. The molecule has 3 aliphatic rings. The summed E-state index contributed by atoms with van der Waals surface area (Å²) in [6.45, 7) is 20.9. The van der Waals surface area contributed by atoms with Gasteiger partial charge in [0.1, 0.15) is 35.6 Å². The third-order valence-electron chi connectivity index (χ3n) is 14.9. The fourth-order valence-corrected chi connectivity index (χ4v) is 12.2. The van der Waals surface area contributed by atoms with E-state index in [0.717, 1.165) is 85.1 Å². The summed E-state index contributed by atoms with van der Waals surface area (Å²) < 4.78 is 12.2. The van der Waals surface area contributed by atoms with Crippen LogP contribution in [0.4, 0.5) is 5.69 Å². The number of rotatable bonds is 17. The number of nitrogens with one attached hydrogen (secondary N) is 2. The molecule has 3 aromatic carbocycles. The minimum Gasteiger partial charge on any atom is -0.489 e. The number of hydrogen-bond donors (Lipinski definition) is 3. The third kappa shape index (κ3) is 11.2. The third-order valence-corrected chi connectivity index (χ3v) is 16.2. The van der Waals surface area contributed by atoms with E-state index in [1.165, 1.54) is 4.90 Å². The van der Waals surface area contributed by atoms with Crippen LogP contribution in [0.2, 0.25) is 5.02 Å². The van der Waals surface area contributed by atoms with Crippen molar-refractivity contribution >= 4 is 46.3 Å². The minimum absolute atomic E-state index is 0.0783. The van der Waals surface area contributed by atoms with E-state index >= 15 is 0 Å². The number of halogens is 1. The van der Waals surface area contributed by atoms with Gasteiger partial charge in [-0.2, -0.15) is 5.26 Å². The molecule has 71 heavy (non-hydrogen) atoms. The van der Waals surface area contributed by atoms with E-state index in [0.29, 0.717) is 27.7 Å². The first-order valence-electron chi connectivity index (χ1n) is 24.8. The van der Waals surface area contributed by atoms with Crippen LogP contribution in [0, 0.1) is 35.0 Å². The summed E-state index contributed by atoms with van der Waals surface area (Å²) in [6, 6.07) is 23.7. The Kier molecular flexibility index (Phi) is 15.6. The average Bonchev–Trinajstić information content (AvgIpc) is 4.11. The highest BCUT2D eigenvalue weighted by molar-refractivity contribution is 7.13. The number of thiazole rings is 1. The Hall–Kier alpha value is -5.79. The number of unbranched alkanes of at least 4 members (excludes halogenated alkanes) is 1. The fourth-order valence-electron chi connectivity index (χ4n) is 11.2. The summed E-state index contributed by atoms with van der Waals surface area (Å²) >= 11 is 7.86. The van der Waals surface area contributed by atoms with Crippen molar-refractivity contribution < 1.29 is 28.8 Å². The van der Waals surface area contributed by atoms with Gasteiger partial charge in [-0.05, 0) is 93.1 Å². The molecule has 0 spiro atoms. The molecule has 2 aromatic heterocycles. The van der Waals surface area contributed by atoms with Crippen LogP contribution in [0.25, 0.3) is 10.4 Å². The maximum absolute atomic E-state index is 14.2. The summed E-state index contributed by atoms with van der Waals surface area (Å²) in [7, 11) is 0. The lowest BCUT2D eigenvalue weighted by Crippen LogP contribution is -2.74. The second-order valence-electron chi connectivity index (χ2n) is 21.1. The number of aliphatic hydroxyl groups excluding tert-OH is 1. The number of hydrogen-bond acceptors (Lipinski definition) is 12. The van der Waals surface area contributed by atoms with Crippen molar-refractivity contribution in [1.82, 2.24) is 30.6 Å². The summed E-state index contributed by atoms with van der Waals surface area (Å²) in [5.74, 6) is -0.358. The SMILES string of the molecule is Cc1ncsc1-c1ccc([C@H](C)NC(=O)[C@@H]2C[C@@H](O)CN2C(=O)[C@@H](c2cc(CCCCN3CCN(c4ccc(C(=O)NC5C(C)(C)C(Oc6ccc(C#N)c(Cl)c6)C5(C)C)cc4)CC3)no2)C(C)C)cc1. The van der Waals surface area contributed by atoms with Crippen LogP contribution >= 0.6 is 22.9 Å². The lowest BCUT2D eigenvalue weighted by molar-refractivity contribution is -0.164. The molecule has 4 heterocycles. The molecule has 3 N–H and O–H groups in total. The van der Waals surface area contributed by atoms with Gasteiger partial charge in [0.25, 0.3) is 5.91 Å². The molecule has 5 aromatic rings. The molecule has 14 nitrogen and oxygen atoms in total. The molecule has 3 fully saturated rings. The monoisotopic (exact) mass is 1000 g/mol. The molecule has 376 valence electrons. The molecule has 1 aliphatic carbocycles. The van der Waals surface area contributed by atoms with Gasteiger partial charge in [-0.1, -0.05) is 82.6 Å². The van der Waals surface area contributed by atoms with Crippen molar-refractivity contribution in [2.24, 2.45) is 16.7 Å². The Morgan fingerprint density at radius 2 is 1.68 bits per heavy atom. The van der Waals surface area contributed by atoms with E-state index in [9.17, 15) is 24.8 Å². The predicted octanol–water partition coefficient (Wildman–Crippen LogP) is 8.97. The van der Waals surface area contributed by atoms with Gasteiger partial charge >= 0.3 is 0 Å². The number of β-amino-alcohol motifs (C(OH)–C–C–N with tert-alkyl or cyclic N) is 1. The number of aliphatic hydroxyl groups is 1. The number of aromatic nitrogens is 2. The molecule has 2 saturated heterocycles. The van der Waals surface area contributed by atoms with Gasteiger partial charge in [-0.15, -0.1) is 11.3 Å². The van der Waals surface area contributed by atoms with Gasteiger partial charge in [-0.25, -0.2) is 4.98 Å². The number of carbonyl (C=O) groups excluding carboxylic acids is 3. The van der Waals surface area contributed by atoms with E-state index < -0.39 is 18.1 Å². The highest BCUT2D eigenvalue weighted by Crippen LogP contribution is 2.55. The smallest absolute Gasteiger partial charge is 0.251 e. The molecule has 16 heteroatoms. The van der Waals surface area contributed by atoms with Crippen molar-refractivity contribution in [1.29, 1.82) is 5.26 Å². The molecule has 0 radical (unpaired) electrons. The number of aryl methyl sites for hydroxylation is 2. The van der Waals surface area contributed by atoms with Gasteiger partial charge in [0.2, 0.25) is 11.8 Å². The van der Waals surface area contributed by atoms with E-state index in [4.69, 9.17) is 20.9 Å². The predicted molar refractivity (Wildman–Crippen MR) is 276 cm³/mol. The Balaban J connectivity index is 0.768. The number of ether oxygens (including phenoxy) is 1. The highest BCUT2D eigenvalue weighted by atomic mass is 35.5. The molecular formula is C55H67ClN8O6S. The molecule has 3 amide bonds. The molecule has 0 unspecified atom stereocenters. The molecule has 2 aliphatic heterocycles.